The molecule has 0 spiro atoms. The summed E-state index contributed by atoms with van der Waals surface area (Å²) in [4.78, 5) is 11.9. The number of anilines is 1. The summed E-state index contributed by atoms with van der Waals surface area (Å²) < 4.78 is 10.7. The molecule has 2 aromatic rings. The van der Waals surface area contributed by atoms with Crippen molar-refractivity contribution >= 4 is 11.7 Å². The van der Waals surface area contributed by atoms with Crippen molar-refractivity contribution in [1.82, 2.24) is 0 Å². The van der Waals surface area contributed by atoms with E-state index in [9.17, 15) is 4.79 Å². The second kappa shape index (κ2) is 6.10. The molecule has 0 aromatic heterocycles. The molecular weight excluding hydrogens is 254 g/mol. The van der Waals surface area contributed by atoms with Gasteiger partial charge in [-0.15, -0.1) is 0 Å². The molecule has 0 amide bonds. The monoisotopic (exact) mass is 271 g/mol. The second-order valence-corrected chi connectivity index (χ2v) is 4.34. The maximum Gasteiger partial charge on any atom is 0.340 e. The lowest BCUT2D eigenvalue weighted by Crippen LogP contribution is -2.09. The minimum Gasteiger partial charge on any atom is -0.462 e. The molecule has 0 radical (unpaired) electrons. The lowest BCUT2D eigenvalue weighted by molar-refractivity contribution is 0.0527. The zero-order valence-corrected chi connectivity index (χ0v) is 11.6. The molecule has 2 N–H and O–H groups in total. The maximum absolute atomic E-state index is 11.9. The number of aryl methyl sites for hydroxylation is 1. The highest BCUT2D eigenvalue weighted by molar-refractivity contribution is 5.96. The van der Waals surface area contributed by atoms with E-state index in [1.807, 2.05) is 37.3 Å². The molecule has 104 valence electrons. The molecule has 0 fully saturated rings. The summed E-state index contributed by atoms with van der Waals surface area (Å²) in [6.45, 7) is 3.89. The third-order valence-electron chi connectivity index (χ3n) is 2.83. The number of nitrogens with two attached hydrogens (primary N) is 1. The van der Waals surface area contributed by atoms with E-state index in [-0.39, 0.29) is 0 Å². The maximum atomic E-state index is 11.9. The minimum absolute atomic E-state index is 0.307. The van der Waals surface area contributed by atoms with Gasteiger partial charge in [-0.25, -0.2) is 4.79 Å². The second-order valence-electron chi connectivity index (χ2n) is 4.34. The van der Waals surface area contributed by atoms with Crippen LogP contribution in [0.1, 0.15) is 22.8 Å². The Bertz CT molecular complexity index is 609. The van der Waals surface area contributed by atoms with Crippen LogP contribution in [0.2, 0.25) is 0 Å². The van der Waals surface area contributed by atoms with Gasteiger partial charge in [0.25, 0.3) is 0 Å². The Morgan fingerprint density at radius 2 is 1.85 bits per heavy atom. The van der Waals surface area contributed by atoms with Crippen molar-refractivity contribution in [1.29, 1.82) is 0 Å². The van der Waals surface area contributed by atoms with Crippen molar-refractivity contribution in [3.05, 3.63) is 53.6 Å². The lowest BCUT2D eigenvalue weighted by atomic mass is 10.1. The van der Waals surface area contributed by atoms with E-state index in [1.54, 1.807) is 19.1 Å². The Balaban J connectivity index is 2.33. The molecule has 0 unspecified atom stereocenters. The van der Waals surface area contributed by atoms with Crippen LogP contribution >= 0.6 is 0 Å². The summed E-state index contributed by atoms with van der Waals surface area (Å²) >= 11 is 0. The molecular formula is C16H17NO3. The van der Waals surface area contributed by atoms with Crippen LogP contribution in [0.4, 0.5) is 5.69 Å². The molecule has 0 aliphatic rings. The van der Waals surface area contributed by atoms with Crippen LogP contribution in [0.15, 0.2) is 42.5 Å². The zero-order valence-electron chi connectivity index (χ0n) is 11.6. The molecule has 0 aliphatic carbocycles. The Morgan fingerprint density at radius 3 is 2.50 bits per heavy atom. The fraction of sp³-hybridized carbons (Fsp3) is 0.188. The lowest BCUT2D eigenvalue weighted by Gasteiger charge is -2.12. The summed E-state index contributed by atoms with van der Waals surface area (Å²) in [5, 5.41) is 0. The van der Waals surface area contributed by atoms with Gasteiger partial charge in [-0.1, -0.05) is 18.2 Å². The molecule has 0 saturated heterocycles. The van der Waals surface area contributed by atoms with Gasteiger partial charge in [0.1, 0.15) is 11.5 Å². The molecule has 0 aliphatic heterocycles. The highest BCUT2D eigenvalue weighted by atomic mass is 16.5. The van der Waals surface area contributed by atoms with Gasteiger partial charge in [-0.3, -0.25) is 0 Å². The van der Waals surface area contributed by atoms with E-state index in [0.717, 1.165) is 5.56 Å². The van der Waals surface area contributed by atoms with Crippen LogP contribution < -0.4 is 10.5 Å². The molecule has 20 heavy (non-hydrogen) atoms. The van der Waals surface area contributed by atoms with Crippen molar-refractivity contribution in [3.63, 3.8) is 0 Å². The predicted molar refractivity (Wildman–Crippen MR) is 78.1 cm³/mol. The van der Waals surface area contributed by atoms with Gasteiger partial charge in [-0.05, 0) is 43.7 Å². The number of rotatable bonds is 4. The van der Waals surface area contributed by atoms with Crippen LogP contribution in [0, 0.1) is 6.92 Å². The summed E-state index contributed by atoms with van der Waals surface area (Å²) in [7, 11) is 0. The van der Waals surface area contributed by atoms with Crippen molar-refractivity contribution in [3.8, 4) is 11.5 Å². The Labute approximate surface area is 118 Å². The average Bonchev–Trinajstić information content (AvgIpc) is 2.44. The van der Waals surface area contributed by atoms with Gasteiger partial charge < -0.3 is 15.2 Å². The van der Waals surface area contributed by atoms with Gasteiger partial charge in [-0.2, -0.15) is 0 Å². The first kappa shape index (κ1) is 13.9. The number of esters is 1. The van der Waals surface area contributed by atoms with E-state index in [0.29, 0.717) is 29.4 Å². The topological polar surface area (TPSA) is 61.5 Å². The largest absolute Gasteiger partial charge is 0.462 e. The number of nitrogen functional groups attached to an aromatic ring is 1. The fourth-order valence-electron chi connectivity index (χ4n) is 1.83. The first-order valence-electron chi connectivity index (χ1n) is 6.42. The molecule has 0 bridgehead atoms. The quantitative estimate of drug-likeness (QED) is 0.682. The van der Waals surface area contributed by atoms with Crippen molar-refractivity contribution in [2.45, 2.75) is 13.8 Å². The fourth-order valence-corrected chi connectivity index (χ4v) is 1.83. The molecule has 0 saturated carbocycles. The summed E-state index contributed by atoms with van der Waals surface area (Å²) in [5.41, 5.74) is 7.45. The molecule has 4 nitrogen and oxygen atoms in total. The van der Waals surface area contributed by atoms with Crippen LogP contribution in [0.3, 0.4) is 0 Å². The molecule has 2 aromatic carbocycles. The standard InChI is InChI=1S/C16H17NO3/c1-3-19-16(18)14-10-13(9-11(2)15(14)17)20-12-7-5-4-6-8-12/h4-10H,3,17H2,1-2H3. The van der Waals surface area contributed by atoms with E-state index in [2.05, 4.69) is 0 Å². The number of carbonyl (C=O) groups is 1. The van der Waals surface area contributed by atoms with Gasteiger partial charge in [0.2, 0.25) is 0 Å². The van der Waals surface area contributed by atoms with E-state index in [1.165, 1.54) is 0 Å². The number of benzene rings is 2. The van der Waals surface area contributed by atoms with Gasteiger partial charge >= 0.3 is 5.97 Å². The Kier molecular flexibility index (Phi) is 4.25. The average molecular weight is 271 g/mol. The van der Waals surface area contributed by atoms with Crippen molar-refractivity contribution in [2.24, 2.45) is 0 Å². The van der Waals surface area contributed by atoms with Crippen molar-refractivity contribution in [2.75, 3.05) is 12.3 Å². The van der Waals surface area contributed by atoms with Crippen LogP contribution in [-0.4, -0.2) is 12.6 Å². The highest BCUT2D eigenvalue weighted by Crippen LogP contribution is 2.28. The normalized spacial score (nSPS) is 10.1. The Hall–Kier alpha value is -2.49. The number of ether oxygens (including phenoxy) is 2. The zero-order chi connectivity index (χ0) is 14.5. The molecule has 0 atom stereocenters. The SMILES string of the molecule is CCOC(=O)c1cc(Oc2ccccc2)cc(C)c1N. The Morgan fingerprint density at radius 1 is 1.15 bits per heavy atom. The van der Waals surface area contributed by atoms with Crippen LogP contribution in [-0.2, 0) is 4.74 Å². The number of para-hydroxylation sites is 1. The molecule has 0 heterocycles. The third kappa shape index (κ3) is 3.09. The van der Waals surface area contributed by atoms with E-state index >= 15 is 0 Å². The predicted octanol–water partition coefficient (Wildman–Crippen LogP) is 3.55. The van der Waals surface area contributed by atoms with Crippen LogP contribution in [0.25, 0.3) is 0 Å². The van der Waals surface area contributed by atoms with Gasteiger partial charge in [0.15, 0.2) is 0 Å². The number of hydrogen-bond donors (Lipinski definition) is 1. The molecule has 4 heteroatoms. The van der Waals surface area contributed by atoms with Gasteiger partial charge in [0, 0.05) is 5.69 Å². The van der Waals surface area contributed by atoms with Gasteiger partial charge in [0.05, 0.1) is 12.2 Å². The van der Waals surface area contributed by atoms with Crippen LogP contribution in [0.5, 0.6) is 11.5 Å². The first-order chi connectivity index (χ1) is 9.61. The number of hydrogen-bond acceptors (Lipinski definition) is 4. The third-order valence-corrected chi connectivity index (χ3v) is 2.83. The first-order valence-corrected chi connectivity index (χ1v) is 6.42. The highest BCUT2D eigenvalue weighted by Gasteiger charge is 2.15. The molecule has 2 rings (SSSR count). The van der Waals surface area contributed by atoms with E-state index < -0.39 is 5.97 Å². The summed E-state index contributed by atoms with van der Waals surface area (Å²) in [5.74, 6) is 0.823. The smallest absolute Gasteiger partial charge is 0.340 e. The number of carbonyl (C=O) groups excluding carboxylic acids is 1. The van der Waals surface area contributed by atoms with E-state index in [4.69, 9.17) is 15.2 Å². The van der Waals surface area contributed by atoms with Crippen molar-refractivity contribution < 1.29 is 14.3 Å². The summed E-state index contributed by atoms with van der Waals surface area (Å²) in [6.07, 6.45) is 0. The minimum atomic E-state index is -0.438. The summed E-state index contributed by atoms with van der Waals surface area (Å²) in [6, 6.07) is 12.8.